The third kappa shape index (κ3) is 2.79. The molecule has 1 fully saturated rings. The van der Waals surface area contributed by atoms with Gasteiger partial charge >= 0.3 is 0 Å². The minimum atomic E-state index is -0.728. The molecule has 0 aliphatic carbocycles. The van der Waals surface area contributed by atoms with Crippen molar-refractivity contribution in [2.45, 2.75) is 20.3 Å². The largest absolute Gasteiger partial charge is 0.399 e. The van der Waals surface area contributed by atoms with Crippen molar-refractivity contribution < 1.29 is 14.4 Å². The van der Waals surface area contributed by atoms with Crippen molar-refractivity contribution in [2.75, 3.05) is 17.6 Å². The Balaban J connectivity index is 2.02. The summed E-state index contributed by atoms with van der Waals surface area (Å²) < 4.78 is 0. The maximum Gasteiger partial charge on any atom is 0.244 e. The minimum Gasteiger partial charge on any atom is -0.399 e. The maximum absolute atomic E-state index is 12.0. The van der Waals surface area contributed by atoms with Crippen LogP contribution in [-0.2, 0) is 14.4 Å². The number of hydrogen-bond acceptors (Lipinski definition) is 4. The van der Waals surface area contributed by atoms with Crippen LogP contribution in [-0.4, -0.2) is 29.2 Å². The van der Waals surface area contributed by atoms with Crippen LogP contribution in [0.4, 0.5) is 11.4 Å². The molecule has 6 nitrogen and oxygen atoms in total. The molecule has 0 spiro atoms. The molecule has 1 saturated heterocycles. The van der Waals surface area contributed by atoms with Gasteiger partial charge in [-0.3, -0.25) is 19.3 Å². The highest BCUT2D eigenvalue weighted by molar-refractivity contribution is 6.08. The lowest BCUT2D eigenvalue weighted by Crippen LogP contribution is -2.39. The zero-order valence-electron chi connectivity index (χ0n) is 11.5. The first-order valence-corrected chi connectivity index (χ1v) is 6.30. The number of hydrogen-bond donors (Lipinski definition) is 2. The molecular weight excluding hydrogens is 258 g/mol. The second-order valence-corrected chi connectivity index (χ2v) is 5.52. The molecule has 0 bridgehead atoms. The highest BCUT2D eigenvalue weighted by Crippen LogP contribution is 2.31. The van der Waals surface area contributed by atoms with Crippen molar-refractivity contribution in [3.8, 4) is 0 Å². The van der Waals surface area contributed by atoms with Crippen molar-refractivity contribution in [1.82, 2.24) is 4.90 Å². The fourth-order valence-corrected chi connectivity index (χ4v) is 2.15. The van der Waals surface area contributed by atoms with Crippen LogP contribution in [0.25, 0.3) is 0 Å². The van der Waals surface area contributed by atoms with Crippen molar-refractivity contribution >= 4 is 29.1 Å². The lowest BCUT2D eigenvalue weighted by molar-refractivity contribution is -0.143. The molecule has 0 atom stereocenters. The van der Waals surface area contributed by atoms with E-state index in [1.54, 1.807) is 38.1 Å². The van der Waals surface area contributed by atoms with Gasteiger partial charge in [0, 0.05) is 17.8 Å². The summed E-state index contributed by atoms with van der Waals surface area (Å²) in [5.74, 6) is -1.05. The molecule has 3 N–H and O–H groups in total. The molecular formula is C14H17N3O3. The number of nitrogen functional groups attached to an aromatic ring is 1. The fraction of sp³-hybridized carbons (Fsp3) is 0.357. The number of nitrogens with zero attached hydrogens (tertiary/aromatic N) is 1. The average molecular weight is 275 g/mol. The quantitative estimate of drug-likeness (QED) is 0.635. The van der Waals surface area contributed by atoms with E-state index in [0.29, 0.717) is 11.4 Å². The summed E-state index contributed by atoms with van der Waals surface area (Å²) in [5, 5.41) is 2.61. The molecule has 0 aromatic heterocycles. The predicted molar refractivity (Wildman–Crippen MR) is 74.6 cm³/mol. The lowest BCUT2D eigenvalue weighted by atomic mass is 9.92. The summed E-state index contributed by atoms with van der Waals surface area (Å²) in [5.41, 5.74) is 5.94. The Morgan fingerprint density at radius 3 is 2.65 bits per heavy atom. The van der Waals surface area contributed by atoms with Gasteiger partial charge in [0.05, 0.1) is 5.41 Å². The summed E-state index contributed by atoms with van der Waals surface area (Å²) in [4.78, 5) is 36.6. The van der Waals surface area contributed by atoms with E-state index in [9.17, 15) is 14.4 Å². The van der Waals surface area contributed by atoms with Crippen molar-refractivity contribution in [3.05, 3.63) is 24.3 Å². The van der Waals surface area contributed by atoms with E-state index < -0.39 is 11.3 Å². The SMILES string of the molecule is CC1(C)CC(=O)N(CC(=O)Nc2cccc(N)c2)C1=O. The second kappa shape index (κ2) is 4.96. The topological polar surface area (TPSA) is 92.5 Å². The van der Waals surface area contributed by atoms with Gasteiger partial charge in [-0.1, -0.05) is 19.9 Å². The standard InChI is InChI=1S/C14H17N3O3/c1-14(2)7-12(19)17(13(14)20)8-11(18)16-10-5-3-4-9(15)6-10/h3-6H,7-8,15H2,1-2H3,(H,16,18). The molecule has 20 heavy (non-hydrogen) atoms. The molecule has 1 aromatic rings. The van der Waals surface area contributed by atoms with Crippen LogP contribution in [0.1, 0.15) is 20.3 Å². The fourth-order valence-electron chi connectivity index (χ4n) is 2.15. The third-order valence-corrected chi connectivity index (χ3v) is 3.19. The van der Waals surface area contributed by atoms with E-state index in [1.165, 1.54) is 0 Å². The van der Waals surface area contributed by atoms with Gasteiger partial charge in [0.2, 0.25) is 17.7 Å². The van der Waals surface area contributed by atoms with Gasteiger partial charge in [0.25, 0.3) is 0 Å². The number of nitrogens with one attached hydrogen (secondary N) is 1. The third-order valence-electron chi connectivity index (χ3n) is 3.19. The Hall–Kier alpha value is -2.37. The number of carbonyl (C=O) groups is 3. The zero-order chi connectivity index (χ0) is 14.9. The van der Waals surface area contributed by atoms with Gasteiger partial charge in [-0.25, -0.2) is 0 Å². The molecule has 1 heterocycles. The van der Waals surface area contributed by atoms with Crippen molar-refractivity contribution in [2.24, 2.45) is 5.41 Å². The number of imide groups is 1. The normalized spacial score (nSPS) is 17.4. The van der Waals surface area contributed by atoms with Gasteiger partial charge in [-0.2, -0.15) is 0 Å². The minimum absolute atomic E-state index is 0.136. The lowest BCUT2D eigenvalue weighted by Gasteiger charge is -2.17. The van der Waals surface area contributed by atoms with E-state index in [2.05, 4.69) is 5.32 Å². The molecule has 2 rings (SSSR count). The molecule has 1 aliphatic heterocycles. The second-order valence-electron chi connectivity index (χ2n) is 5.52. The highest BCUT2D eigenvalue weighted by Gasteiger charge is 2.45. The van der Waals surface area contributed by atoms with E-state index in [4.69, 9.17) is 5.73 Å². The molecule has 6 heteroatoms. The number of likely N-dealkylation sites (tertiary alicyclic amines) is 1. The summed E-state index contributed by atoms with van der Waals surface area (Å²) >= 11 is 0. The molecule has 1 aromatic carbocycles. The molecule has 1 aliphatic rings. The van der Waals surface area contributed by atoms with Crippen LogP contribution >= 0.6 is 0 Å². The first kappa shape index (κ1) is 14.0. The highest BCUT2D eigenvalue weighted by atomic mass is 16.2. The molecule has 3 amide bonds. The van der Waals surface area contributed by atoms with Gasteiger partial charge in [-0.15, -0.1) is 0 Å². The summed E-state index contributed by atoms with van der Waals surface area (Å²) in [6, 6.07) is 6.70. The van der Waals surface area contributed by atoms with E-state index in [1.807, 2.05) is 0 Å². The van der Waals surface area contributed by atoms with E-state index in [-0.39, 0.29) is 24.8 Å². The van der Waals surface area contributed by atoms with Crippen LogP contribution in [0.15, 0.2) is 24.3 Å². The smallest absolute Gasteiger partial charge is 0.244 e. The Morgan fingerprint density at radius 2 is 2.10 bits per heavy atom. The van der Waals surface area contributed by atoms with Gasteiger partial charge < -0.3 is 11.1 Å². The molecule has 106 valence electrons. The monoisotopic (exact) mass is 275 g/mol. The van der Waals surface area contributed by atoms with Crippen molar-refractivity contribution in [1.29, 1.82) is 0 Å². The Bertz CT molecular complexity index is 581. The summed E-state index contributed by atoms with van der Waals surface area (Å²) in [6.45, 7) is 3.13. The van der Waals surface area contributed by atoms with Crippen LogP contribution in [0.2, 0.25) is 0 Å². The zero-order valence-corrected chi connectivity index (χ0v) is 11.5. The summed E-state index contributed by atoms with van der Waals surface area (Å²) in [7, 11) is 0. The average Bonchev–Trinajstić information content (AvgIpc) is 2.51. The van der Waals surface area contributed by atoms with Gasteiger partial charge in [0.1, 0.15) is 6.54 Å². The Kier molecular flexibility index (Phi) is 3.48. The number of amides is 3. The first-order chi connectivity index (χ1) is 9.29. The van der Waals surface area contributed by atoms with Gasteiger partial charge in [-0.05, 0) is 18.2 Å². The number of benzene rings is 1. The number of nitrogens with two attached hydrogens (primary N) is 1. The molecule has 0 unspecified atom stereocenters. The maximum atomic E-state index is 12.0. The Labute approximate surface area is 116 Å². The number of anilines is 2. The van der Waals surface area contributed by atoms with E-state index in [0.717, 1.165) is 4.90 Å². The predicted octanol–water partition coefficient (Wildman–Crippen LogP) is 0.992. The first-order valence-electron chi connectivity index (χ1n) is 6.30. The van der Waals surface area contributed by atoms with Crippen LogP contribution in [0.3, 0.4) is 0 Å². The van der Waals surface area contributed by atoms with Gasteiger partial charge in [0.15, 0.2) is 0 Å². The van der Waals surface area contributed by atoms with Crippen molar-refractivity contribution in [3.63, 3.8) is 0 Å². The summed E-state index contributed by atoms with van der Waals surface area (Å²) in [6.07, 6.45) is 0.136. The van der Waals surface area contributed by atoms with E-state index >= 15 is 0 Å². The Morgan fingerprint density at radius 1 is 1.40 bits per heavy atom. The number of rotatable bonds is 3. The number of carbonyl (C=O) groups excluding carboxylic acids is 3. The molecule has 0 radical (unpaired) electrons. The van der Waals surface area contributed by atoms with Crippen LogP contribution in [0, 0.1) is 5.41 Å². The molecule has 0 saturated carbocycles. The van der Waals surface area contributed by atoms with Crippen LogP contribution < -0.4 is 11.1 Å². The van der Waals surface area contributed by atoms with Crippen LogP contribution in [0.5, 0.6) is 0 Å².